The Labute approximate surface area is 147 Å². The summed E-state index contributed by atoms with van der Waals surface area (Å²) in [6, 6.07) is 5.52. The Hall–Kier alpha value is -2.72. The highest BCUT2D eigenvalue weighted by atomic mass is 32.2. The number of aryl methyl sites for hydroxylation is 1. The lowest BCUT2D eigenvalue weighted by Gasteiger charge is -2.08. The number of hydrogen-bond acceptors (Lipinski definition) is 7. The number of anilines is 1. The Kier molecular flexibility index (Phi) is 6.25. The number of nitrogens with one attached hydrogen (secondary N) is 2. The van der Waals surface area contributed by atoms with E-state index in [4.69, 9.17) is 4.74 Å². The molecule has 10 heteroatoms. The minimum atomic E-state index is -0.497. The number of methoxy groups -OCH3 is 1. The normalized spacial score (nSPS) is 10.5. The van der Waals surface area contributed by atoms with Gasteiger partial charge in [0, 0.05) is 31.0 Å². The molecule has 0 aliphatic carbocycles. The molecule has 2 rings (SSSR count). The Balaban J connectivity index is 1.99. The van der Waals surface area contributed by atoms with E-state index >= 15 is 0 Å². The van der Waals surface area contributed by atoms with E-state index in [0.717, 1.165) is 11.8 Å². The van der Waals surface area contributed by atoms with Crippen LogP contribution in [0.25, 0.3) is 0 Å². The number of carbonyl (C=O) groups excluding carboxylic acids is 1. The van der Waals surface area contributed by atoms with Crippen LogP contribution in [0, 0.1) is 17.0 Å². The monoisotopic (exact) mass is 364 g/mol. The number of rotatable bonds is 7. The first-order valence-corrected chi connectivity index (χ1v) is 8.14. The van der Waals surface area contributed by atoms with Crippen molar-refractivity contribution in [3.05, 3.63) is 56.0 Å². The minimum absolute atomic E-state index is 0.0236. The van der Waals surface area contributed by atoms with Gasteiger partial charge in [-0.25, -0.2) is 4.98 Å². The van der Waals surface area contributed by atoms with Gasteiger partial charge in [-0.15, -0.1) is 0 Å². The molecule has 0 aliphatic rings. The Morgan fingerprint density at radius 1 is 1.44 bits per heavy atom. The van der Waals surface area contributed by atoms with Crippen LogP contribution in [0.5, 0.6) is 0 Å². The van der Waals surface area contributed by atoms with Crippen molar-refractivity contribution in [2.75, 3.05) is 18.2 Å². The summed E-state index contributed by atoms with van der Waals surface area (Å²) in [6.07, 6.45) is 0. The van der Waals surface area contributed by atoms with Gasteiger partial charge in [0.05, 0.1) is 23.0 Å². The molecule has 0 radical (unpaired) electrons. The first-order valence-electron chi connectivity index (χ1n) is 7.16. The Bertz CT molecular complexity index is 852. The topological polar surface area (TPSA) is 127 Å². The fourth-order valence-electron chi connectivity index (χ4n) is 2.00. The number of nitro groups is 1. The highest BCUT2D eigenvalue weighted by molar-refractivity contribution is 7.99. The van der Waals surface area contributed by atoms with Gasteiger partial charge in [0.15, 0.2) is 5.16 Å². The number of H-pyrrole nitrogens is 1. The molecule has 0 unspecified atom stereocenters. The van der Waals surface area contributed by atoms with Crippen LogP contribution in [-0.2, 0) is 16.1 Å². The van der Waals surface area contributed by atoms with E-state index in [9.17, 15) is 19.7 Å². The number of nitrogens with zero attached hydrogens (tertiary/aromatic N) is 2. The summed E-state index contributed by atoms with van der Waals surface area (Å²) in [5, 5.41) is 13.7. The van der Waals surface area contributed by atoms with Crippen molar-refractivity contribution in [2.45, 2.75) is 18.7 Å². The fourth-order valence-corrected chi connectivity index (χ4v) is 2.69. The molecule has 0 spiro atoms. The van der Waals surface area contributed by atoms with Crippen molar-refractivity contribution in [1.29, 1.82) is 0 Å². The van der Waals surface area contributed by atoms with Gasteiger partial charge in [-0.3, -0.25) is 19.7 Å². The zero-order chi connectivity index (χ0) is 18.4. The van der Waals surface area contributed by atoms with E-state index in [1.54, 1.807) is 6.92 Å². The molecule has 0 atom stereocenters. The predicted octanol–water partition coefficient (Wildman–Crippen LogP) is 1.86. The number of aromatic amines is 1. The highest BCUT2D eigenvalue weighted by Gasteiger charge is 2.11. The SMILES string of the molecule is COCc1cc(=O)[nH]c(SCC(=O)Nc2ccc([N+](=O)[O-])cc2C)n1. The van der Waals surface area contributed by atoms with Gasteiger partial charge in [0.25, 0.3) is 11.2 Å². The van der Waals surface area contributed by atoms with Crippen molar-refractivity contribution >= 4 is 29.0 Å². The molecule has 1 aromatic heterocycles. The molecule has 1 aromatic carbocycles. The molecule has 2 N–H and O–H groups in total. The second-order valence-corrected chi connectivity index (χ2v) is 6.03. The molecule has 2 aromatic rings. The maximum atomic E-state index is 12.0. The van der Waals surface area contributed by atoms with Crippen molar-refractivity contribution in [1.82, 2.24) is 9.97 Å². The van der Waals surface area contributed by atoms with E-state index in [0.29, 0.717) is 22.1 Å². The summed E-state index contributed by atoms with van der Waals surface area (Å²) in [5.41, 5.74) is 1.19. The van der Waals surface area contributed by atoms with Crippen LogP contribution in [0.4, 0.5) is 11.4 Å². The third-order valence-corrected chi connectivity index (χ3v) is 3.97. The highest BCUT2D eigenvalue weighted by Crippen LogP contribution is 2.21. The van der Waals surface area contributed by atoms with Gasteiger partial charge in [0.2, 0.25) is 5.91 Å². The second-order valence-electron chi connectivity index (χ2n) is 5.07. The largest absolute Gasteiger partial charge is 0.378 e. The molecule has 0 fully saturated rings. The van der Waals surface area contributed by atoms with Gasteiger partial charge >= 0.3 is 0 Å². The molecule has 25 heavy (non-hydrogen) atoms. The molecule has 1 amide bonds. The van der Waals surface area contributed by atoms with Crippen LogP contribution in [0.15, 0.2) is 34.2 Å². The minimum Gasteiger partial charge on any atom is -0.378 e. The summed E-state index contributed by atoms with van der Waals surface area (Å²) in [5.74, 6) is -0.294. The number of hydrogen-bond donors (Lipinski definition) is 2. The molecule has 0 saturated carbocycles. The number of nitro benzene ring substituents is 1. The lowest BCUT2D eigenvalue weighted by molar-refractivity contribution is -0.384. The van der Waals surface area contributed by atoms with Crippen molar-refractivity contribution in [3.8, 4) is 0 Å². The lowest BCUT2D eigenvalue weighted by atomic mass is 10.2. The van der Waals surface area contributed by atoms with Gasteiger partial charge in [0.1, 0.15) is 0 Å². The number of ether oxygens (including phenoxy) is 1. The first-order chi connectivity index (χ1) is 11.9. The zero-order valence-corrected chi connectivity index (χ0v) is 14.4. The standard InChI is InChI=1S/C15H16N4O5S/c1-9-5-11(19(22)23)3-4-12(9)17-14(21)8-25-15-16-10(7-24-2)6-13(20)18-15/h3-6H,7-8H2,1-2H3,(H,17,21)(H,16,18,20). The number of carbonyl (C=O) groups is 1. The van der Waals surface area contributed by atoms with E-state index < -0.39 is 4.92 Å². The van der Waals surface area contributed by atoms with Crippen LogP contribution in [-0.4, -0.2) is 33.7 Å². The van der Waals surface area contributed by atoms with E-state index in [1.165, 1.54) is 31.4 Å². The van der Waals surface area contributed by atoms with Crippen molar-refractivity contribution in [3.63, 3.8) is 0 Å². The van der Waals surface area contributed by atoms with Crippen LogP contribution >= 0.6 is 11.8 Å². The molecule has 0 saturated heterocycles. The number of thioether (sulfide) groups is 1. The molecule has 1 heterocycles. The zero-order valence-electron chi connectivity index (χ0n) is 13.6. The fraction of sp³-hybridized carbons (Fsp3) is 0.267. The molecule has 0 aliphatic heterocycles. The summed E-state index contributed by atoms with van der Waals surface area (Å²) in [4.78, 5) is 40.5. The van der Waals surface area contributed by atoms with E-state index in [2.05, 4.69) is 15.3 Å². The van der Waals surface area contributed by atoms with Gasteiger partial charge in [-0.05, 0) is 18.6 Å². The van der Waals surface area contributed by atoms with Crippen LogP contribution < -0.4 is 10.9 Å². The van der Waals surface area contributed by atoms with Gasteiger partial charge in [-0.2, -0.15) is 0 Å². The lowest BCUT2D eigenvalue weighted by Crippen LogP contribution is -2.16. The molecule has 9 nitrogen and oxygen atoms in total. The number of amides is 1. The third-order valence-electron chi connectivity index (χ3n) is 3.10. The second kappa shape index (κ2) is 8.40. The molecular formula is C15H16N4O5S. The van der Waals surface area contributed by atoms with E-state index in [-0.39, 0.29) is 29.5 Å². The average molecular weight is 364 g/mol. The van der Waals surface area contributed by atoms with Crippen LogP contribution in [0.1, 0.15) is 11.3 Å². The van der Waals surface area contributed by atoms with Gasteiger partial charge in [-0.1, -0.05) is 11.8 Å². The molecular weight excluding hydrogens is 348 g/mol. The third kappa shape index (κ3) is 5.40. The summed E-state index contributed by atoms with van der Waals surface area (Å²) < 4.78 is 4.93. The summed E-state index contributed by atoms with van der Waals surface area (Å²) in [7, 11) is 1.50. The van der Waals surface area contributed by atoms with Crippen molar-refractivity contribution < 1.29 is 14.5 Å². The Morgan fingerprint density at radius 2 is 2.20 bits per heavy atom. The van der Waals surface area contributed by atoms with Crippen molar-refractivity contribution in [2.24, 2.45) is 0 Å². The number of aromatic nitrogens is 2. The molecule has 132 valence electrons. The molecule has 0 bridgehead atoms. The van der Waals surface area contributed by atoms with Crippen LogP contribution in [0.2, 0.25) is 0 Å². The summed E-state index contributed by atoms with van der Waals surface area (Å²) in [6.45, 7) is 1.87. The van der Waals surface area contributed by atoms with Crippen LogP contribution in [0.3, 0.4) is 0 Å². The number of non-ortho nitro benzene ring substituents is 1. The number of benzene rings is 1. The Morgan fingerprint density at radius 3 is 2.84 bits per heavy atom. The predicted molar refractivity (Wildman–Crippen MR) is 92.8 cm³/mol. The smallest absolute Gasteiger partial charge is 0.269 e. The first kappa shape index (κ1) is 18.6. The van der Waals surface area contributed by atoms with Gasteiger partial charge < -0.3 is 15.0 Å². The quantitative estimate of drug-likeness (QED) is 0.332. The average Bonchev–Trinajstić information content (AvgIpc) is 2.54. The summed E-state index contributed by atoms with van der Waals surface area (Å²) >= 11 is 1.07. The maximum absolute atomic E-state index is 12.0. The maximum Gasteiger partial charge on any atom is 0.269 e. The van der Waals surface area contributed by atoms with E-state index in [1.807, 2.05) is 0 Å².